The van der Waals surface area contributed by atoms with Gasteiger partial charge in [-0.3, -0.25) is 4.68 Å². The van der Waals surface area contributed by atoms with Gasteiger partial charge in [0.1, 0.15) is 11.5 Å². The van der Waals surface area contributed by atoms with Crippen LogP contribution in [0.3, 0.4) is 0 Å². The predicted molar refractivity (Wildman–Crippen MR) is 104 cm³/mol. The number of pyridine rings is 1. The van der Waals surface area contributed by atoms with Gasteiger partial charge in [-0.2, -0.15) is 5.10 Å². The lowest BCUT2D eigenvalue weighted by molar-refractivity contribution is 0.0512. The van der Waals surface area contributed by atoms with Gasteiger partial charge in [0.05, 0.1) is 24.1 Å². The summed E-state index contributed by atoms with van der Waals surface area (Å²) in [5, 5.41) is 4.53. The molecule has 0 amide bonds. The molecule has 2 atom stereocenters. The normalized spacial score (nSPS) is 21.9. The average Bonchev–Trinajstić information content (AvgIpc) is 3.13. The van der Waals surface area contributed by atoms with Crippen LogP contribution in [0, 0.1) is 11.8 Å². The van der Waals surface area contributed by atoms with E-state index in [0.717, 1.165) is 29.2 Å². The van der Waals surface area contributed by atoms with Crippen LogP contribution in [0.25, 0.3) is 0 Å². The van der Waals surface area contributed by atoms with Crippen LogP contribution in [0.2, 0.25) is 0 Å². The lowest BCUT2D eigenvalue weighted by Crippen LogP contribution is -2.28. The van der Waals surface area contributed by atoms with Crippen LogP contribution in [0.1, 0.15) is 48.2 Å². The second-order valence-electron chi connectivity index (χ2n) is 7.66. The van der Waals surface area contributed by atoms with Gasteiger partial charge in [-0.1, -0.05) is 13.0 Å². The van der Waals surface area contributed by atoms with Crippen LogP contribution < -0.4 is 4.90 Å². The van der Waals surface area contributed by atoms with E-state index in [1.54, 1.807) is 17.7 Å². The van der Waals surface area contributed by atoms with E-state index in [-0.39, 0.29) is 5.97 Å². The molecule has 1 saturated heterocycles. The number of ether oxygens (including phenoxy) is 1. The molecule has 0 N–H and O–H groups in total. The molecule has 0 aromatic carbocycles. The molecule has 2 unspecified atom stereocenters. The molecule has 1 aliphatic heterocycles. The van der Waals surface area contributed by atoms with Crippen LogP contribution in [-0.2, 0) is 24.1 Å². The molecular formula is C21H26F2N4O2. The maximum atomic E-state index is 13.5. The number of esters is 1. The summed E-state index contributed by atoms with van der Waals surface area (Å²) in [7, 11) is 0. The average molecular weight is 404 g/mol. The highest BCUT2D eigenvalue weighted by Gasteiger charge is 2.71. The quantitative estimate of drug-likeness (QED) is 0.663. The Morgan fingerprint density at radius 1 is 1.24 bits per heavy atom. The van der Waals surface area contributed by atoms with E-state index in [1.807, 2.05) is 30.9 Å². The van der Waals surface area contributed by atoms with E-state index in [0.29, 0.717) is 38.4 Å². The number of rotatable bonds is 7. The molecule has 2 aromatic rings. The number of hydrogen-bond acceptors (Lipinski definition) is 5. The first-order valence-electron chi connectivity index (χ1n) is 10.2. The topological polar surface area (TPSA) is 60.2 Å². The van der Waals surface area contributed by atoms with Gasteiger partial charge < -0.3 is 9.64 Å². The molecule has 2 aromatic heterocycles. The van der Waals surface area contributed by atoms with Crippen LogP contribution >= 0.6 is 0 Å². The molecule has 6 nitrogen and oxygen atoms in total. The summed E-state index contributed by atoms with van der Waals surface area (Å²) in [5.41, 5.74) is 3.19. The highest BCUT2D eigenvalue weighted by Crippen LogP contribution is 2.59. The van der Waals surface area contributed by atoms with Crippen molar-refractivity contribution in [2.75, 3.05) is 24.6 Å². The number of aryl methyl sites for hydroxylation is 2. The summed E-state index contributed by atoms with van der Waals surface area (Å²) >= 11 is 0. The van der Waals surface area contributed by atoms with Crippen molar-refractivity contribution in [2.45, 2.75) is 46.1 Å². The van der Waals surface area contributed by atoms with E-state index < -0.39 is 17.8 Å². The second-order valence-corrected chi connectivity index (χ2v) is 7.66. The SMILES string of the molecule is CCOC(=O)c1cc(Cc2ccc(N3CC4C(C3)C4(F)F)nc2CC)nn1CC. The van der Waals surface area contributed by atoms with Crippen molar-refractivity contribution in [3.8, 4) is 0 Å². The zero-order valence-electron chi connectivity index (χ0n) is 17.0. The third-order valence-electron chi connectivity index (χ3n) is 5.90. The van der Waals surface area contributed by atoms with Crippen molar-refractivity contribution in [2.24, 2.45) is 11.8 Å². The van der Waals surface area contributed by atoms with Crippen molar-refractivity contribution < 1.29 is 18.3 Å². The maximum absolute atomic E-state index is 13.5. The molecule has 2 aliphatic rings. The smallest absolute Gasteiger partial charge is 0.356 e. The molecule has 0 spiro atoms. The number of carbonyl (C=O) groups is 1. The van der Waals surface area contributed by atoms with Crippen molar-refractivity contribution in [3.63, 3.8) is 0 Å². The minimum absolute atomic E-state index is 0.318. The lowest BCUT2D eigenvalue weighted by atomic mass is 10.1. The number of halogens is 2. The summed E-state index contributed by atoms with van der Waals surface area (Å²) in [6.07, 6.45) is 1.29. The summed E-state index contributed by atoms with van der Waals surface area (Å²) in [4.78, 5) is 18.8. The predicted octanol–water partition coefficient (Wildman–Crippen LogP) is 3.33. The number of hydrogen-bond donors (Lipinski definition) is 0. The number of aromatic nitrogens is 3. The van der Waals surface area contributed by atoms with Crippen molar-refractivity contribution in [3.05, 3.63) is 40.8 Å². The summed E-state index contributed by atoms with van der Waals surface area (Å²) in [5.74, 6) is -3.14. The fourth-order valence-corrected chi connectivity index (χ4v) is 4.22. The second kappa shape index (κ2) is 7.39. The van der Waals surface area contributed by atoms with Gasteiger partial charge >= 0.3 is 5.97 Å². The largest absolute Gasteiger partial charge is 0.461 e. The summed E-state index contributed by atoms with van der Waals surface area (Å²) in [6, 6.07) is 5.67. The molecule has 1 saturated carbocycles. The Balaban J connectivity index is 1.52. The van der Waals surface area contributed by atoms with E-state index in [4.69, 9.17) is 9.72 Å². The van der Waals surface area contributed by atoms with Crippen molar-refractivity contribution in [1.82, 2.24) is 14.8 Å². The lowest BCUT2D eigenvalue weighted by Gasteiger charge is -2.22. The van der Waals surface area contributed by atoms with Gasteiger partial charge in [-0.25, -0.2) is 18.6 Å². The van der Waals surface area contributed by atoms with Crippen LogP contribution in [0.15, 0.2) is 18.2 Å². The van der Waals surface area contributed by atoms with Crippen LogP contribution in [0.4, 0.5) is 14.6 Å². The molecule has 29 heavy (non-hydrogen) atoms. The summed E-state index contributed by atoms with van der Waals surface area (Å²) in [6.45, 7) is 7.37. The highest BCUT2D eigenvalue weighted by molar-refractivity contribution is 5.87. The molecule has 3 heterocycles. The van der Waals surface area contributed by atoms with Gasteiger partial charge in [-0.15, -0.1) is 0 Å². The summed E-state index contributed by atoms with van der Waals surface area (Å²) < 4.78 is 33.7. The standard InChI is InChI=1S/C21H26F2N4O2/c1-4-17-13(9-14-10-18(20(28)29-6-3)27(5-2)25-14)7-8-19(24-17)26-11-15-16(12-26)21(15,22)23/h7-8,10,15-16H,4-6,9,11-12H2,1-3H3. The number of alkyl halides is 2. The molecule has 0 bridgehead atoms. The molecule has 8 heteroatoms. The first-order valence-corrected chi connectivity index (χ1v) is 10.2. The van der Waals surface area contributed by atoms with E-state index >= 15 is 0 Å². The van der Waals surface area contributed by atoms with E-state index in [1.165, 1.54) is 0 Å². The molecule has 156 valence electrons. The Kier molecular flexibility index (Phi) is 5.04. The minimum atomic E-state index is -2.49. The molecule has 0 radical (unpaired) electrons. The van der Waals surface area contributed by atoms with Gasteiger partial charge in [-0.05, 0) is 38.0 Å². The molecule has 4 rings (SSSR count). The molecular weight excluding hydrogens is 378 g/mol. The highest BCUT2D eigenvalue weighted by atomic mass is 19.3. The first-order chi connectivity index (χ1) is 13.9. The Labute approximate surface area is 168 Å². The zero-order chi connectivity index (χ0) is 20.8. The fraction of sp³-hybridized carbons (Fsp3) is 0.571. The van der Waals surface area contributed by atoms with Crippen molar-refractivity contribution >= 4 is 11.8 Å². The third kappa shape index (κ3) is 3.49. The monoisotopic (exact) mass is 404 g/mol. The molecule has 2 fully saturated rings. The van der Waals surface area contributed by atoms with Gasteiger partial charge in [0.2, 0.25) is 0 Å². The number of anilines is 1. The van der Waals surface area contributed by atoms with E-state index in [9.17, 15) is 13.6 Å². The minimum Gasteiger partial charge on any atom is -0.461 e. The third-order valence-corrected chi connectivity index (χ3v) is 5.90. The maximum Gasteiger partial charge on any atom is 0.356 e. The van der Waals surface area contributed by atoms with E-state index in [2.05, 4.69) is 5.10 Å². The first kappa shape index (κ1) is 19.8. The van der Waals surface area contributed by atoms with Crippen molar-refractivity contribution in [1.29, 1.82) is 0 Å². The van der Waals surface area contributed by atoms with Gasteiger partial charge in [0, 0.05) is 31.7 Å². The van der Waals surface area contributed by atoms with Crippen LogP contribution in [0.5, 0.6) is 0 Å². The number of fused-ring (bicyclic) bond motifs is 1. The molecule has 1 aliphatic carbocycles. The Morgan fingerprint density at radius 2 is 1.97 bits per heavy atom. The number of carbonyl (C=O) groups excluding carboxylic acids is 1. The Hall–Kier alpha value is -2.51. The van der Waals surface area contributed by atoms with Gasteiger partial charge in [0.15, 0.2) is 0 Å². The van der Waals surface area contributed by atoms with Crippen LogP contribution in [-0.4, -0.2) is 46.4 Å². The Bertz CT molecular complexity index is 913. The zero-order valence-corrected chi connectivity index (χ0v) is 17.0. The number of piperidine rings is 1. The fourth-order valence-electron chi connectivity index (χ4n) is 4.22. The van der Waals surface area contributed by atoms with Gasteiger partial charge in [0.25, 0.3) is 5.92 Å². The Morgan fingerprint density at radius 3 is 2.59 bits per heavy atom. The number of nitrogens with zero attached hydrogens (tertiary/aromatic N) is 4.